The predicted molar refractivity (Wildman–Crippen MR) is 40.9 cm³/mol. The van der Waals surface area contributed by atoms with Gasteiger partial charge in [-0.3, -0.25) is 4.79 Å². The highest BCUT2D eigenvalue weighted by Crippen LogP contribution is 2.25. The predicted octanol–water partition coefficient (Wildman–Crippen LogP) is 0.501. The van der Waals surface area contributed by atoms with Crippen molar-refractivity contribution in [3.63, 3.8) is 0 Å². The lowest BCUT2D eigenvalue weighted by Gasteiger charge is -1.96. The van der Waals surface area contributed by atoms with Crippen LogP contribution in [0.25, 0.3) is 0 Å². The van der Waals surface area contributed by atoms with Gasteiger partial charge in [0.25, 0.3) is 11.8 Å². The molecule has 6 heteroatoms. The molecule has 0 aliphatic carbocycles. The van der Waals surface area contributed by atoms with E-state index in [-0.39, 0.29) is 17.5 Å². The summed E-state index contributed by atoms with van der Waals surface area (Å²) in [6.45, 7) is 1.37. The third-order valence-electron chi connectivity index (χ3n) is 1.11. The molecule has 0 atom stereocenters. The van der Waals surface area contributed by atoms with Crippen LogP contribution in [0, 0.1) is 6.92 Å². The number of amides is 1. The Labute approximate surface area is 73.4 Å². The molecule has 0 saturated heterocycles. The molecule has 1 amide bonds. The Hall–Kier alpha value is -1.23. The standard InChI is InChI=1S/C6H7ClN2O3/c1-3-5(7)6(9-12-3)11-2-4(8)10/h2H2,1H3,(H2,8,10). The summed E-state index contributed by atoms with van der Waals surface area (Å²) < 4.78 is 9.48. The van der Waals surface area contributed by atoms with E-state index in [0.717, 1.165) is 0 Å². The first-order valence-electron chi connectivity index (χ1n) is 3.14. The van der Waals surface area contributed by atoms with Crippen molar-refractivity contribution in [3.8, 4) is 5.88 Å². The molecule has 1 aromatic rings. The quantitative estimate of drug-likeness (QED) is 0.753. The second-order valence-corrected chi connectivity index (χ2v) is 2.49. The number of carbonyl (C=O) groups excluding carboxylic acids is 1. The molecule has 66 valence electrons. The molecule has 0 spiro atoms. The Morgan fingerprint density at radius 3 is 2.92 bits per heavy atom. The second-order valence-electron chi connectivity index (χ2n) is 2.11. The molecule has 1 aromatic heterocycles. The maximum absolute atomic E-state index is 10.3. The van der Waals surface area contributed by atoms with Crippen LogP contribution in [0.1, 0.15) is 5.76 Å². The van der Waals surface area contributed by atoms with Crippen LogP contribution in [0.3, 0.4) is 0 Å². The lowest BCUT2D eigenvalue weighted by molar-refractivity contribution is -0.120. The van der Waals surface area contributed by atoms with E-state index in [1.807, 2.05) is 0 Å². The summed E-state index contributed by atoms with van der Waals surface area (Å²) in [7, 11) is 0. The van der Waals surface area contributed by atoms with Gasteiger partial charge in [-0.2, -0.15) is 0 Å². The van der Waals surface area contributed by atoms with Gasteiger partial charge >= 0.3 is 0 Å². The number of halogens is 1. The molecule has 0 unspecified atom stereocenters. The van der Waals surface area contributed by atoms with Gasteiger partial charge in [0, 0.05) is 0 Å². The van der Waals surface area contributed by atoms with E-state index in [2.05, 4.69) is 9.68 Å². The molecule has 1 heterocycles. The minimum absolute atomic E-state index is 0.0907. The van der Waals surface area contributed by atoms with Gasteiger partial charge in [-0.25, -0.2) is 0 Å². The van der Waals surface area contributed by atoms with Crippen molar-refractivity contribution in [1.82, 2.24) is 5.16 Å². The number of nitrogens with zero attached hydrogens (tertiary/aromatic N) is 1. The van der Waals surface area contributed by atoms with E-state index >= 15 is 0 Å². The SMILES string of the molecule is Cc1onc(OCC(N)=O)c1Cl. The van der Waals surface area contributed by atoms with Gasteiger partial charge in [0.1, 0.15) is 5.02 Å². The number of aromatic nitrogens is 1. The first kappa shape index (κ1) is 8.86. The third kappa shape index (κ3) is 1.88. The lowest BCUT2D eigenvalue weighted by atomic mass is 10.5. The number of carbonyl (C=O) groups is 1. The topological polar surface area (TPSA) is 78.3 Å². The largest absolute Gasteiger partial charge is 0.464 e. The van der Waals surface area contributed by atoms with Gasteiger partial charge in [0.2, 0.25) is 0 Å². The van der Waals surface area contributed by atoms with Crippen LogP contribution in [0.4, 0.5) is 0 Å². The molecule has 0 aliphatic rings. The van der Waals surface area contributed by atoms with Crippen molar-refractivity contribution in [1.29, 1.82) is 0 Å². The second kappa shape index (κ2) is 3.44. The number of hydrogen-bond acceptors (Lipinski definition) is 4. The van der Waals surface area contributed by atoms with Crippen LogP contribution in [-0.4, -0.2) is 17.7 Å². The molecule has 0 saturated carbocycles. The number of nitrogens with two attached hydrogens (primary N) is 1. The zero-order valence-electron chi connectivity index (χ0n) is 6.33. The number of rotatable bonds is 3. The molecule has 0 aliphatic heterocycles. The molecule has 0 aromatic carbocycles. The van der Waals surface area contributed by atoms with Crippen molar-refractivity contribution in [2.24, 2.45) is 5.73 Å². The fraction of sp³-hybridized carbons (Fsp3) is 0.333. The van der Waals surface area contributed by atoms with Crippen molar-refractivity contribution < 1.29 is 14.1 Å². The lowest BCUT2D eigenvalue weighted by Crippen LogP contribution is -2.20. The Kier molecular flexibility index (Phi) is 2.54. The van der Waals surface area contributed by atoms with Gasteiger partial charge in [0.05, 0.1) is 0 Å². The van der Waals surface area contributed by atoms with Crippen LogP contribution < -0.4 is 10.5 Å². The minimum atomic E-state index is -0.591. The zero-order valence-corrected chi connectivity index (χ0v) is 7.09. The van der Waals surface area contributed by atoms with Crippen LogP contribution in [0.5, 0.6) is 5.88 Å². The van der Waals surface area contributed by atoms with Crippen molar-refractivity contribution in [2.45, 2.75) is 6.92 Å². The summed E-state index contributed by atoms with van der Waals surface area (Å²) in [4.78, 5) is 10.3. The van der Waals surface area contributed by atoms with E-state index in [1.165, 1.54) is 0 Å². The summed E-state index contributed by atoms with van der Waals surface area (Å²) in [5.74, 6) is -0.0594. The molecular formula is C6H7ClN2O3. The van der Waals surface area contributed by atoms with Gasteiger partial charge in [-0.15, -0.1) is 0 Å². The van der Waals surface area contributed by atoms with E-state index in [0.29, 0.717) is 5.76 Å². The Morgan fingerprint density at radius 2 is 2.50 bits per heavy atom. The van der Waals surface area contributed by atoms with Crippen molar-refractivity contribution in [3.05, 3.63) is 10.8 Å². The normalized spacial score (nSPS) is 9.83. The molecule has 2 N–H and O–H groups in total. The van der Waals surface area contributed by atoms with Gasteiger partial charge in [-0.1, -0.05) is 11.6 Å². The van der Waals surface area contributed by atoms with Crippen molar-refractivity contribution >= 4 is 17.5 Å². The first-order valence-corrected chi connectivity index (χ1v) is 3.52. The maximum Gasteiger partial charge on any atom is 0.273 e. The summed E-state index contributed by atoms with van der Waals surface area (Å²) in [5.41, 5.74) is 4.83. The van der Waals surface area contributed by atoms with Crippen molar-refractivity contribution in [2.75, 3.05) is 6.61 Å². The Balaban J connectivity index is 2.63. The first-order chi connectivity index (χ1) is 5.61. The number of hydrogen-bond donors (Lipinski definition) is 1. The third-order valence-corrected chi connectivity index (χ3v) is 1.54. The number of primary amides is 1. The van der Waals surface area contributed by atoms with Gasteiger partial charge in [0.15, 0.2) is 12.4 Å². The monoisotopic (exact) mass is 190 g/mol. The highest BCUT2D eigenvalue weighted by atomic mass is 35.5. The molecule has 5 nitrogen and oxygen atoms in total. The van der Waals surface area contributed by atoms with Crippen LogP contribution >= 0.6 is 11.6 Å². The molecular weight excluding hydrogens is 184 g/mol. The maximum atomic E-state index is 10.3. The fourth-order valence-corrected chi connectivity index (χ4v) is 0.693. The summed E-state index contributed by atoms with van der Waals surface area (Å²) in [6.07, 6.45) is 0. The minimum Gasteiger partial charge on any atom is -0.464 e. The highest BCUT2D eigenvalue weighted by molar-refractivity contribution is 6.32. The Bertz CT molecular complexity index is 297. The smallest absolute Gasteiger partial charge is 0.273 e. The van der Waals surface area contributed by atoms with Gasteiger partial charge in [-0.05, 0) is 12.1 Å². The van der Waals surface area contributed by atoms with Gasteiger partial charge < -0.3 is 15.0 Å². The van der Waals surface area contributed by atoms with Crippen LogP contribution in [0.15, 0.2) is 4.52 Å². The van der Waals surface area contributed by atoms with Crippen LogP contribution in [-0.2, 0) is 4.79 Å². The summed E-state index contributed by atoms with van der Waals surface area (Å²) in [5, 5.41) is 3.71. The van der Waals surface area contributed by atoms with E-state index in [9.17, 15) is 4.79 Å². The Morgan fingerprint density at radius 1 is 1.83 bits per heavy atom. The highest BCUT2D eigenvalue weighted by Gasteiger charge is 2.11. The number of aryl methyl sites for hydroxylation is 1. The van der Waals surface area contributed by atoms with E-state index < -0.39 is 5.91 Å². The zero-order chi connectivity index (χ0) is 9.14. The average Bonchev–Trinajstić information content (AvgIpc) is 2.30. The molecule has 0 bridgehead atoms. The molecule has 0 radical (unpaired) electrons. The van der Waals surface area contributed by atoms with E-state index in [4.69, 9.17) is 22.1 Å². The molecule has 0 fully saturated rings. The summed E-state index contributed by atoms with van der Waals surface area (Å²) >= 11 is 5.66. The summed E-state index contributed by atoms with van der Waals surface area (Å²) in [6, 6.07) is 0. The van der Waals surface area contributed by atoms with E-state index in [1.54, 1.807) is 6.92 Å². The fourth-order valence-electron chi connectivity index (χ4n) is 0.570. The number of ether oxygens (including phenoxy) is 1. The van der Waals surface area contributed by atoms with Crippen LogP contribution in [0.2, 0.25) is 5.02 Å². The average molecular weight is 191 g/mol. The molecule has 12 heavy (non-hydrogen) atoms. The molecule has 1 rings (SSSR count).